The summed E-state index contributed by atoms with van der Waals surface area (Å²) >= 11 is 0. The van der Waals surface area contributed by atoms with Crippen LogP contribution >= 0.6 is 0 Å². The minimum atomic E-state index is -2.54. The smallest absolute Gasteiger partial charge is 0.340 e. The maximum absolute atomic E-state index is 14.3. The number of halogens is 3. The van der Waals surface area contributed by atoms with Crippen molar-refractivity contribution in [3.63, 3.8) is 0 Å². The van der Waals surface area contributed by atoms with Crippen LogP contribution in [0.2, 0.25) is 0 Å². The van der Waals surface area contributed by atoms with Gasteiger partial charge < -0.3 is 10.5 Å². The number of nitrogens with zero attached hydrogens (tertiary/aromatic N) is 3. The molecule has 0 saturated heterocycles. The molecule has 0 saturated carbocycles. The highest BCUT2D eigenvalue weighted by atomic mass is 19.3. The van der Waals surface area contributed by atoms with Crippen LogP contribution in [-0.2, 0) is 11.3 Å². The van der Waals surface area contributed by atoms with Gasteiger partial charge in [0.15, 0.2) is 0 Å². The lowest BCUT2D eigenvalue weighted by Crippen LogP contribution is -2.07. The predicted octanol–water partition coefficient (Wildman–Crippen LogP) is 3.39. The van der Waals surface area contributed by atoms with Crippen molar-refractivity contribution in [3.8, 4) is 22.4 Å². The molecule has 0 amide bonds. The van der Waals surface area contributed by atoms with Gasteiger partial charge in [-0.2, -0.15) is 5.10 Å². The van der Waals surface area contributed by atoms with Gasteiger partial charge in [0.25, 0.3) is 6.43 Å². The quantitative estimate of drug-likeness (QED) is 0.690. The summed E-state index contributed by atoms with van der Waals surface area (Å²) in [6.45, 7) is -0.543. The molecule has 3 rings (SSSR count). The fourth-order valence-electron chi connectivity index (χ4n) is 2.69. The summed E-state index contributed by atoms with van der Waals surface area (Å²) in [5.74, 6) is -1.47. The van der Waals surface area contributed by atoms with Gasteiger partial charge in [-0.15, -0.1) is 0 Å². The molecule has 0 bridgehead atoms. The number of hydrogen-bond donors (Lipinski definition) is 1. The largest absolute Gasteiger partial charge is 0.465 e. The minimum Gasteiger partial charge on any atom is -0.465 e. The molecule has 0 atom stereocenters. The number of ether oxygens (including phenoxy) is 1. The van der Waals surface area contributed by atoms with Crippen molar-refractivity contribution in [2.45, 2.75) is 13.0 Å². The average molecular weight is 376 g/mol. The molecule has 0 aliphatic rings. The van der Waals surface area contributed by atoms with E-state index < -0.39 is 24.8 Å². The minimum absolute atomic E-state index is 0.112. The van der Waals surface area contributed by atoms with E-state index in [9.17, 15) is 18.0 Å². The van der Waals surface area contributed by atoms with Crippen LogP contribution in [0.15, 0.2) is 42.7 Å². The van der Waals surface area contributed by atoms with E-state index in [0.29, 0.717) is 22.4 Å². The fraction of sp³-hybridized carbons (Fsp3) is 0.167. The molecule has 1 aromatic carbocycles. The second-order valence-corrected chi connectivity index (χ2v) is 5.62. The van der Waals surface area contributed by atoms with E-state index in [1.165, 1.54) is 24.5 Å². The predicted molar refractivity (Wildman–Crippen MR) is 92.6 cm³/mol. The molecule has 0 radical (unpaired) electrons. The molecule has 2 N–H and O–H groups in total. The number of rotatable bonds is 5. The van der Waals surface area contributed by atoms with Gasteiger partial charge in [0.05, 0.1) is 18.4 Å². The zero-order valence-corrected chi connectivity index (χ0v) is 14.2. The molecule has 0 unspecified atom stereocenters. The highest BCUT2D eigenvalue weighted by Crippen LogP contribution is 2.35. The second-order valence-electron chi connectivity index (χ2n) is 5.62. The third kappa shape index (κ3) is 3.76. The first-order chi connectivity index (χ1) is 12.9. The SMILES string of the molecule is COC(=O)c1ccc(-c2c(-c3ccn(CC(F)F)n3)ccnc2N)cc1F. The zero-order chi connectivity index (χ0) is 19.6. The number of pyridine rings is 1. The van der Waals surface area contributed by atoms with Gasteiger partial charge in [0.2, 0.25) is 0 Å². The van der Waals surface area contributed by atoms with E-state index in [1.807, 2.05) is 0 Å². The number of alkyl halides is 2. The Balaban J connectivity index is 2.08. The molecular weight excluding hydrogens is 361 g/mol. The Morgan fingerprint density at radius 3 is 2.74 bits per heavy atom. The third-order valence-corrected chi connectivity index (χ3v) is 3.89. The Kier molecular flexibility index (Phi) is 5.11. The Bertz CT molecular complexity index is 988. The summed E-state index contributed by atoms with van der Waals surface area (Å²) < 4.78 is 45.1. The lowest BCUT2D eigenvalue weighted by Gasteiger charge is -2.11. The van der Waals surface area contributed by atoms with Crippen LogP contribution in [0, 0.1) is 5.82 Å². The molecule has 140 valence electrons. The summed E-state index contributed by atoms with van der Waals surface area (Å²) in [7, 11) is 1.16. The lowest BCUT2D eigenvalue weighted by molar-refractivity contribution is 0.0595. The van der Waals surface area contributed by atoms with Crippen molar-refractivity contribution in [1.82, 2.24) is 14.8 Å². The Labute approximate surface area is 152 Å². The van der Waals surface area contributed by atoms with Crippen molar-refractivity contribution in [1.29, 1.82) is 0 Å². The number of nitrogen functional groups attached to an aromatic ring is 1. The summed E-state index contributed by atoms with van der Waals surface area (Å²) in [6.07, 6.45) is 0.321. The summed E-state index contributed by atoms with van der Waals surface area (Å²) in [4.78, 5) is 15.6. The van der Waals surface area contributed by atoms with E-state index in [4.69, 9.17) is 5.73 Å². The van der Waals surface area contributed by atoms with Crippen LogP contribution in [0.3, 0.4) is 0 Å². The maximum atomic E-state index is 14.3. The summed E-state index contributed by atoms with van der Waals surface area (Å²) in [5, 5.41) is 4.11. The molecule has 27 heavy (non-hydrogen) atoms. The second kappa shape index (κ2) is 7.48. The van der Waals surface area contributed by atoms with E-state index in [1.54, 1.807) is 12.1 Å². The maximum Gasteiger partial charge on any atom is 0.340 e. The molecule has 2 aromatic heterocycles. The Hall–Kier alpha value is -3.36. The van der Waals surface area contributed by atoms with Gasteiger partial charge in [0.1, 0.15) is 18.2 Å². The number of hydrogen-bond acceptors (Lipinski definition) is 5. The number of esters is 1. The number of nitrogens with two attached hydrogens (primary N) is 1. The first-order valence-corrected chi connectivity index (χ1v) is 7.85. The van der Waals surface area contributed by atoms with Crippen LogP contribution in [0.5, 0.6) is 0 Å². The highest BCUT2D eigenvalue weighted by Gasteiger charge is 2.18. The molecule has 0 aliphatic carbocycles. The highest BCUT2D eigenvalue weighted by molar-refractivity contribution is 5.92. The number of carbonyl (C=O) groups excluding carboxylic acids is 1. The molecule has 0 fully saturated rings. The van der Waals surface area contributed by atoms with E-state index in [0.717, 1.165) is 17.9 Å². The Morgan fingerprint density at radius 2 is 2.07 bits per heavy atom. The molecule has 6 nitrogen and oxygen atoms in total. The molecule has 2 heterocycles. The first kappa shape index (κ1) is 18.4. The monoisotopic (exact) mass is 376 g/mol. The van der Waals surface area contributed by atoms with E-state index in [-0.39, 0.29) is 11.4 Å². The van der Waals surface area contributed by atoms with Crippen LogP contribution in [0.25, 0.3) is 22.4 Å². The topological polar surface area (TPSA) is 83.0 Å². The van der Waals surface area contributed by atoms with Crippen LogP contribution < -0.4 is 5.73 Å². The molecule has 0 aliphatic heterocycles. The Morgan fingerprint density at radius 1 is 1.30 bits per heavy atom. The van der Waals surface area contributed by atoms with Gasteiger partial charge >= 0.3 is 5.97 Å². The first-order valence-electron chi connectivity index (χ1n) is 7.85. The van der Waals surface area contributed by atoms with Gasteiger partial charge in [-0.1, -0.05) is 6.07 Å². The van der Waals surface area contributed by atoms with Gasteiger partial charge in [0, 0.05) is 23.5 Å². The number of anilines is 1. The van der Waals surface area contributed by atoms with Crippen molar-refractivity contribution in [2.75, 3.05) is 12.8 Å². The van der Waals surface area contributed by atoms with Crippen molar-refractivity contribution in [2.24, 2.45) is 0 Å². The average Bonchev–Trinajstić information content (AvgIpc) is 3.08. The van der Waals surface area contributed by atoms with Crippen molar-refractivity contribution in [3.05, 3.63) is 54.1 Å². The molecule has 9 heteroatoms. The van der Waals surface area contributed by atoms with Gasteiger partial charge in [-0.05, 0) is 29.8 Å². The van der Waals surface area contributed by atoms with Crippen molar-refractivity contribution < 1.29 is 22.7 Å². The number of methoxy groups -OCH3 is 1. The standard InChI is InChI=1S/C18H15F3N4O2/c1-27-18(26)11-3-2-10(8-13(11)19)16-12(4-6-23-17(16)22)14-5-7-25(24-14)9-15(20)21/h2-8,15H,9H2,1H3,(H2,22,23). The van der Waals surface area contributed by atoms with E-state index in [2.05, 4.69) is 14.8 Å². The normalized spacial score (nSPS) is 11.0. The summed E-state index contributed by atoms with van der Waals surface area (Å²) in [5.41, 5.74) is 7.39. The van der Waals surface area contributed by atoms with Crippen LogP contribution in [0.4, 0.5) is 19.0 Å². The number of aromatic nitrogens is 3. The third-order valence-electron chi connectivity index (χ3n) is 3.89. The van der Waals surface area contributed by atoms with Crippen molar-refractivity contribution >= 4 is 11.8 Å². The van der Waals surface area contributed by atoms with Gasteiger partial charge in [-0.25, -0.2) is 22.9 Å². The summed E-state index contributed by atoms with van der Waals surface area (Å²) in [6, 6.07) is 7.08. The zero-order valence-electron chi connectivity index (χ0n) is 14.2. The lowest BCUT2D eigenvalue weighted by atomic mass is 9.97. The van der Waals surface area contributed by atoms with E-state index >= 15 is 0 Å². The van der Waals surface area contributed by atoms with Gasteiger partial charge in [-0.3, -0.25) is 4.68 Å². The molecule has 0 spiro atoms. The van der Waals surface area contributed by atoms with Crippen LogP contribution in [-0.4, -0.2) is 34.3 Å². The number of carbonyl (C=O) groups is 1. The molecular formula is C18H15F3N4O2. The van der Waals surface area contributed by atoms with Crippen LogP contribution in [0.1, 0.15) is 10.4 Å². The number of benzene rings is 1. The molecule has 3 aromatic rings. The fourth-order valence-corrected chi connectivity index (χ4v) is 2.69.